The van der Waals surface area contributed by atoms with E-state index < -0.39 is 0 Å². The first-order valence-corrected chi connectivity index (χ1v) is 7.47. The van der Waals surface area contributed by atoms with Gasteiger partial charge in [-0.15, -0.1) is 0 Å². The van der Waals surface area contributed by atoms with Gasteiger partial charge in [0.2, 0.25) is 0 Å². The Labute approximate surface area is 132 Å². The lowest BCUT2D eigenvalue weighted by molar-refractivity contribution is 0.414. The summed E-state index contributed by atoms with van der Waals surface area (Å²) in [6, 6.07) is 12.5. The zero-order chi connectivity index (χ0) is 15.2. The van der Waals surface area contributed by atoms with Gasteiger partial charge in [-0.05, 0) is 48.7 Å². The number of hydrogen-bond donors (Lipinski definition) is 2. The molecule has 5 heteroatoms. The van der Waals surface area contributed by atoms with Crippen LogP contribution in [0, 0.1) is 5.82 Å². The Balaban J connectivity index is 2.06. The number of hydrazine groups is 1. The molecule has 0 aliphatic rings. The minimum absolute atomic E-state index is 0.232. The van der Waals surface area contributed by atoms with Crippen molar-refractivity contribution in [3.8, 4) is 5.75 Å². The summed E-state index contributed by atoms with van der Waals surface area (Å²) in [5.74, 6) is 6.15. The van der Waals surface area contributed by atoms with Crippen molar-refractivity contribution in [2.75, 3.05) is 7.11 Å². The monoisotopic (exact) mass is 352 g/mol. The normalized spacial score (nSPS) is 12.2. The fourth-order valence-corrected chi connectivity index (χ4v) is 2.59. The first-order valence-electron chi connectivity index (χ1n) is 6.68. The highest BCUT2D eigenvalue weighted by Crippen LogP contribution is 2.25. The lowest BCUT2D eigenvalue weighted by Gasteiger charge is -2.17. The first-order chi connectivity index (χ1) is 10.1. The van der Waals surface area contributed by atoms with Crippen LogP contribution in [0.2, 0.25) is 0 Å². The number of benzene rings is 2. The summed E-state index contributed by atoms with van der Waals surface area (Å²) >= 11 is 3.36. The molecule has 0 fully saturated rings. The molecule has 0 aliphatic heterocycles. The fourth-order valence-electron chi connectivity index (χ4n) is 2.21. The van der Waals surface area contributed by atoms with Gasteiger partial charge in [-0.25, -0.2) is 4.39 Å². The summed E-state index contributed by atoms with van der Waals surface area (Å²) in [7, 11) is 1.64. The number of methoxy groups -OCH3 is 1. The van der Waals surface area contributed by atoms with Crippen molar-refractivity contribution in [1.82, 2.24) is 5.43 Å². The second-order valence-corrected chi connectivity index (χ2v) is 5.69. The van der Waals surface area contributed by atoms with Gasteiger partial charge in [0.25, 0.3) is 0 Å². The summed E-state index contributed by atoms with van der Waals surface area (Å²) in [5.41, 5.74) is 4.42. The Morgan fingerprint density at radius 3 is 2.57 bits per heavy atom. The number of rotatable bonds is 6. The minimum atomic E-state index is -0.254. The Bertz CT molecular complexity index is 589. The van der Waals surface area contributed by atoms with Crippen molar-refractivity contribution in [3.05, 3.63) is 63.9 Å². The van der Waals surface area contributed by atoms with Gasteiger partial charge >= 0.3 is 0 Å². The quantitative estimate of drug-likeness (QED) is 0.615. The maximum absolute atomic E-state index is 13.9. The first kappa shape index (κ1) is 15.9. The number of nitrogens with two attached hydrogens (primary N) is 1. The number of aryl methyl sites for hydroxylation is 1. The molecule has 21 heavy (non-hydrogen) atoms. The fraction of sp³-hybridized carbons (Fsp3) is 0.250. The van der Waals surface area contributed by atoms with Crippen LogP contribution >= 0.6 is 15.9 Å². The maximum Gasteiger partial charge on any atom is 0.128 e. The number of hydrogen-bond acceptors (Lipinski definition) is 3. The van der Waals surface area contributed by atoms with E-state index in [1.807, 2.05) is 24.3 Å². The van der Waals surface area contributed by atoms with Gasteiger partial charge in [-0.2, -0.15) is 0 Å². The van der Waals surface area contributed by atoms with Crippen molar-refractivity contribution in [3.63, 3.8) is 0 Å². The molecule has 112 valence electrons. The van der Waals surface area contributed by atoms with E-state index >= 15 is 0 Å². The van der Waals surface area contributed by atoms with Crippen LogP contribution in [0.5, 0.6) is 5.75 Å². The Hall–Kier alpha value is -1.43. The summed E-state index contributed by atoms with van der Waals surface area (Å²) < 4.78 is 19.9. The van der Waals surface area contributed by atoms with Crippen LogP contribution in [0.25, 0.3) is 0 Å². The summed E-state index contributed by atoms with van der Waals surface area (Å²) in [5, 5.41) is 0. The van der Waals surface area contributed by atoms with Gasteiger partial charge in [0.15, 0.2) is 0 Å². The van der Waals surface area contributed by atoms with Crippen molar-refractivity contribution in [2.24, 2.45) is 5.84 Å². The molecule has 0 saturated carbocycles. The van der Waals surface area contributed by atoms with Gasteiger partial charge in [0.1, 0.15) is 11.6 Å². The van der Waals surface area contributed by atoms with E-state index in [2.05, 4.69) is 21.4 Å². The van der Waals surface area contributed by atoms with Crippen LogP contribution in [-0.4, -0.2) is 7.11 Å². The molecule has 2 aromatic rings. The lowest BCUT2D eigenvalue weighted by atomic mass is 9.99. The van der Waals surface area contributed by atoms with Crippen LogP contribution in [0.4, 0.5) is 4.39 Å². The molecule has 0 heterocycles. The van der Waals surface area contributed by atoms with Crippen molar-refractivity contribution in [2.45, 2.75) is 18.9 Å². The third-order valence-corrected chi connectivity index (χ3v) is 3.91. The second kappa shape index (κ2) is 7.54. The van der Waals surface area contributed by atoms with Crippen molar-refractivity contribution >= 4 is 15.9 Å². The highest BCUT2D eigenvalue weighted by molar-refractivity contribution is 9.10. The third kappa shape index (κ3) is 4.27. The average Bonchev–Trinajstić information content (AvgIpc) is 2.51. The molecule has 0 spiro atoms. The summed E-state index contributed by atoms with van der Waals surface area (Å²) in [6.07, 6.45) is 1.50. The van der Waals surface area contributed by atoms with E-state index in [1.54, 1.807) is 19.2 Å². The number of halogens is 2. The Morgan fingerprint density at radius 1 is 1.24 bits per heavy atom. The van der Waals surface area contributed by atoms with Crippen LogP contribution in [-0.2, 0) is 6.42 Å². The largest absolute Gasteiger partial charge is 0.497 e. The standard InChI is InChI=1S/C16H18BrFN2O/c1-21-13-6-2-11(3-7-13)4-9-16(20-19)14-10-12(17)5-8-15(14)18/h2-3,5-8,10,16,20H,4,9,19H2,1H3. The molecule has 2 rings (SSSR count). The highest BCUT2D eigenvalue weighted by atomic mass is 79.9. The SMILES string of the molecule is COc1ccc(CCC(NN)c2cc(Br)ccc2F)cc1. The zero-order valence-electron chi connectivity index (χ0n) is 11.8. The molecule has 3 N–H and O–H groups in total. The molecule has 0 amide bonds. The lowest BCUT2D eigenvalue weighted by Crippen LogP contribution is -2.29. The molecule has 1 unspecified atom stereocenters. The van der Waals surface area contributed by atoms with Crippen LogP contribution in [0.1, 0.15) is 23.6 Å². The molecular formula is C16H18BrFN2O. The molecule has 0 saturated heterocycles. The van der Waals surface area contributed by atoms with Gasteiger partial charge in [0, 0.05) is 16.1 Å². The van der Waals surface area contributed by atoms with E-state index in [-0.39, 0.29) is 11.9 Å². The summed E-state index contributed by atoms with van der Waals surface area (Å²) in [4.78, 5) is 0. The number of nitrogens with one attached hydrogen (secondary N) is 1. The molecule has 2 aromatic carbocycles. The van der Waals surface area contributed by atoms with E-state index in [9.17, 15) is 4.39 Å². The van der Waals surface area contributed by atoms with E-state index in [4.69, 9.17) is 10.6 Å². The van der Waals surface area contributed by atoms with E-state index in [1.165, 1.54) is 6.07 Å². The van der Waals surface area contributed by atoms with Gasteiger partial charge in [-0.1, -0.05) is 28.1 Å². The van der Waals surface area contributed by atoms with E-state index in [0.29, 0.717) is 12.0 Å². The molecule has 0 bridgehead atoms. The van der Waals surface area contributed by atoms with Crippen LogP contribution in [0.15, 0.2) is 46.9 Å². The Kier molecular flexibility index (Phi) is 5.73. The predicted octanol–water partition coefficient (Wildman–Crippen LogP) is 3.73. The van der Waals surface area contributed by atoms with Gasteiger partial charge in [-0.3, -0.25) is 11.3 Å². The second-order valence-electron chi connectivity index (χ2n) is 4.77. The molecule has 3 nitrogen and oxygen atoms in total. The third-order valence-electron chi connectivity index (χ3n) is 3.42. The van der Waals surface area contributed by atoms with Crippen molar-refractivity contribution < 1.29 is 9.13 Å². The molecule has 0 aromatic heterocycles. The van der Waals surface area contributed by atoms with Gasteiger partial charge < -0.3 is 4.74 Å². The zero-order valence-corrected chi connectivity index (χ0v) is 13.4. The molecule has 0 aliphatic carbocycles. The van der Waals surface area contributed by atoms with E-state index in [0.717, 1.165) is 22.2 Å². The number of ether oxygens (including phenoxy) is 1. The highest BCUT2D eigenvalue weighted by Gasteiger charge is 2.15. The van der Waals surface area contributed by atoms with Crippen LogP contribution in [0.3, 0.4) is 0 Å². The topological polar surface area (TPSA) is 47.3 Å². The van der Waals surface area contributed by atoms with Crippen molar-refractivity contribution in [1.29, 1.82) is 0 Å². The van der Waals surface area contributed by atoms with Gasteiger partial charge in [0.05, 0.1) is 7.11 Å². The Morgan fingerprint density at radius 2 is 1.95 bits per heavy atom. The summed E-state index contributed by atoms with van der Waals surface area (Å²) in [6.45, 7) is 0. The molecule has 0 radical (unpaired) electrons. The van der Waals surface area contributed by atoms with Crippen LogP contribution < -0.4 is 16.0 Å². The smallest absolute Gasteiger partial charge is 0.128 e. The minimum Gasteiger partial charge on any atom is -0.497 e. The average molecular weight is 353 g/mol. The predicted molar refractivity (Wildman–Crippen MR) is 85.5 cm³/mol. The maximum atomic E-state index is 13.9. The molecular weight excluding hydrogens is 335 g/mol. The molecule has 1 atom stereocenters.